The summed E-state index contributed by atoms with van der Waals surface area (Å²) in [6.07, 6.45) is 0. The predicted octanol–water partition coefficient (Wildman–Crippen LogP) is 1.74. The van der Waals surface area contributed by atoms with Crippen LogP contribution < -0.4 is 0 Å². The quantitative estimate of drug-likeness (QED) is 0.756. The van der Waals surface area contributed by atoms with Crippen LogP contribution in [0.3, 0.4) is 0 Å². The lowest BCUT2D eigenvalue weighted by Crippen LogP contribution is -2.58. The Kier molecular flexibility index (Phi) is 4.68. The first-order valence-corrected chi connectivity index (χ1v) is 7.69. The maximum Gasteiger partial charge on any atom is 0.0198 e. The Labute approximate surface area is 113 Å². The Hall–Kier alpha value is -0.120. The van der Waals surface area contributed by atoms with Crippen molar-refractivity contribution < 1.29 is 0 Å². The third-order valence-electron chi connectivity index (χ3n) is 4.66. The van der Waals surface area contributed by atoms with Gasteiger partial charge in [0.25, 0.3) is 0 Å². The topological polar surface area (TPSA) is 9.72 Å². The van der Waals surface area contributed by atoms with Crippen LogP contribution in [0.4, 0.5) is 0 Å². The van der Waals surface area contributed by atoms with Gasteiger partial charge in [0.2, 0.25) is 0 Å². The largest absolute Gasteiger partial charge is 0.300 e. The van der Waals surface area contributed by atoms with Gasteiger partial charge in [0.15, 0.2) is 0 Å². The minimum atomic E-state index is 0.697. The van der Waals surface area contributed by atoms with Gasteiger partial charge < -0.3 is 9.80 Å². The van der Waals surface area contributed by atoms with Gasteiger partial charge >= 0.3 is 0 Å². The molecule has 106 valence electrons. The first-order chi connectivity index (χ1) is 8.47. The third-order valence-corrected chi connectivity index (χ3v) is 4.66. The highest BCUT2D eigenvalue weighted by atomic mass is 15.3. The molecule has 0 aromatic rings. The molecule has 2 rings (SSSR count). The van der Waals surface area contributed by atoms with Crippen LogP contribution in [-0.2, 0) is 0 Å². The van der Waals surface area contributed by atoms with Gasteiger partial charge in [-0.05, 0) is 40.5 Å². The first-order valence-electron chi connectivity index (χ1n) is 7.69. The number of hydrogen-bond acceptors (Lipinski definition) is 3. The minimum Gasteiger partial charge on any atom is -0.300 e. The smallest absolute Gasteiger partial charge is 0.0198 e. The molecule has 2 saturated heterocycles. The summed E-state index contributed by atoms with van der Waals surface area (Å²) in [5.74, 6) is 0.921. The monoisotopic (exact) mass is 253 g/mol. The van der Waals surface area contributed by atoms with Crippen molar-refractivity contribution in [3.8, 4) is 0 Å². The van der Waals surface area contributed by atoms with Crippen LogP contribution in [-0.4, -0.2) is 72.1 Å². The van der Waals surface area contributed by atoms with Crippen molar-refractivity contribution in [2.45, 2.75) is 52.7 Å². The molecule has 2 fully saturated rings. The highest BCUT2D eigenvalue weighted by molar-refractivity contribution is 4.87. The van der Waals surface area contributed by atoms with Crippen molar-refractivity contribution in [2.24, 2.45) is 5.92 Å². The maximum absolute atomic E-state index is 2.69. The number of piperazine rings is 1. The summed E-state index contributed by atoms with van der Waals surface area (Å²) in [6.45, 7) is 19.4. The molecule has 0 saturated carbocycles. The number of likely N-dealkylation sites (tertiary alicyclic amines) is 1. The molecule has 3 heteroatoms. The molecule has 0 bridgehead atoms. The minimum absolute atomic E-state index is 0.697. The fourth-order valence-electron chi connectivity index (χ4n) is 3.49. The van der Waals surface area contributed by atoms with E-state index in [4.69, 9.17) is 0 Å². The van der Waals surface area contributed by atoms with Gasteiger partial charge in [-0.2, -0.15) is 0 Å². The molecule has 0 N–H and O–H groups in total. The summed E-state index contributed by atoms with van der Waals surface area (Å²) in [7, 11) is 0. The molecule has 0 aromatic carbocycles. The van der Waals surface area contributed by atoms with Crippen molar-refractivity contribution in [3.05, 3.63) is 0 Å². The van der Waals surface area contributed by atoms with E-state index in [2.05, 4.69) is 49.3 Å². The van der Waals surface area contributed by atoms with Crippen LogP contribution in [0.2, 0.25) is 0 Å². The van der Waals surface area contributed by atoms with Crippen LogP contribution in [0.15, 0.2) is 0 Å². The number of nitrogens with zero attached hydrogens (tertiary/aromatic N) is 3. The van der Waals surface area contributed by atoms with E-state index >= 15 is 0 Å². The molecule has 0 unspecified atom stereocenters. The van der Waals surface area contributed by atoms with E-state index in [9.17, 15) is 0 Å². The molecular weight excluding hydrogens is 222 g/mol. The van der Waals surface area contributed by atoms with Gasteiger partial charge in [-0.25, -0.2) is 0 Å². The van der Waals surface area contributed by atoms with Crippen LogP contribution in [0.5, 0.6) is 0 Å². The van der Waals surface area contributed by atoms with E-state index in [1.807, 2.05) is 0 Å². The average molecular weight is 253 g/mol. The summed E-state index contributed by atoms with van der Waals surface area (Å²) in [5, 5.41) is 0. The van der Waals surface area contributed by atoms with Crippen molar-refractivity contribution >= 4 is 0 Å². The van der Waals surface area contributed by atoms with Crippen LogP contribution in [0.25, 0.3) is 0 Å². The Balaban J connectivity index is 1.70. The van der Waals surface area contributed by atoms with Gasteiger partial charge in [0.1, 0.15) is 0 Å². The maximum atomic E-state index is 2.69. The van der Waals surface area contributed by atoms with E-state index in [0.29, 0.717) is 6.04 Å². The van der Waals surface area contributed by atoms with E-state index in [1.54, 1.807) is 0 Å². The molecule has 3 nitrogen and oxygen atoms in total. The summed E-state index contributed by atoms with van der Waals surface area (Å²) < 4.78 is 0. The molecule has 2 aliphatic heterocycles. The summed E-state index contributed by atoms with van der Waals surface area (Å²) in [4.78, 5) is 7.90. The van der Waals surface area contributed by atoms with Gasteiger partial charge in [0, 0.05) is 57.4 Å². The lowest BCUT2D eigenvalue weighted by molar-refractivity contribution is 0.00876. The predicted molar refractivity (Wildman–Crippen MR) is 77.9 cm³/mol. The molecule has 2 aliphatic rings. The highest BCUT2D eigenvalue weighted by Crippen LogP contribution is 2.21. The second-order valence-electron chi connectivity index (χ2n) is 6.85. The second kappa shape index (κ2) is 5.89. The Bertz CT molecular complexity index is 258. The second-order valence-corrected chi connectivity index (χ2v) is 6.85. The Morgan fingerprint density at radius 2 is 1.61 bits per heavy atom. The molecular formula is C15H31N3. The highest BCUT2D eigenvalue weighted by Gasteiger charge is 2.32. The molecule has 0 spiro atoms. The Morgan fingerprint density at radius 3 is 2.11 bits per heavy atom. The average Bonchev–Trinajstić information content (AvgIpc) is 2.21. The van der Waals surface area contributed by atoms with Crippen LogP contribution in [0, 0.1) is 5.92 Å². The summed E-state index contributed by atoms with van der Waals surface area (Å²) in [6, 6.07) is 2.15. The van der Waals surface area contributed by atoms with E-state index in [0.717, 1.165) is 18.0 Å². The zero-order valence-corrected chi connectivity index (χ0v) is 12.9. The molecule has 0 radical (unpaired) electrons. The zero-order valence-electron chi connectivity index (χ0n) is 12.9. The Morgan fingerprint density at radius 1 is 0.944 bits per heavy atom. The standard InChI is InChI=1S/C15H31N3/c1-12(2)17-10-15(11-17)9-16-6-7-18(13(3)4)14(5)8-16/h12-15H,6-11H2,1-5H3/t14-/m1/s1. The lowest BCUT2D eigenvalue weighted by atomic mass is 9.97. The molecule has 18 heavy (non-hydrogen) atoms. The number of hydrogen-bond donors (Lipinski definition) is 0. The zero-order chi connectivity index (χ0) is 13.3. The van der Waals surface area contributed by atoms with Gasteiger partial charge in [-0.15, -0.1) is 0 Å². The molecule has 0 aromatic heterocycles. The first kappa shape index (κ1) is 14.3. The van der Waals surface area contributed by atoms with Crippen molar-refractivity contribution in [2.75, 3.05) is 39.3 Å². The SMILES string of the molecule is CC(C)N1CC(CN2CCN(C(C)C)[C@H](C)C2)C1. The fraction of sp³-hybridized carbons (Fsp3) is 1.00. The van der Waals surface area contributed by atoms with Gasteiger partial charge in [-0.1, -0.05) is 0 Å². The number of rotatable bonds is 4. The van der Waals surface area contributed by atoms with Crippen molar-refractivity contribution in [1.29, 1.82) is 0 Å². The van der Waals surface area contributed by atoms with E-state index in [1.165, 1.54) is 39.3 Å². The van der Waals surface area contributed by atoms with Crippen LogP contribution >= 0.6 is 0 Å². The fourth-order valence-corrected chi connectivity index (χ4v) is 3.49. The van der Waals surface area contributed by atoms with Crippen molar-refractivity contribution in [3.63, 3.8) is 0 Å². The van der Waals surface area contributed by atoms with Gasteiger partial charge in [0.05, 0.1) is 0 Å². The summed E-state index contributed by atoms with van der Waals surface area (Å²) >= 11 is 0. The van der Waals surface area contributed by atoms with Gasteiger partial charge in [-0.3, -0.25) is 4.90 Å². The van der Waals surface area contributed by atoms with E-state index in [-0.39, 0.29) is 0 Å². The molecule has 2 heterocycles. The normalized spacial score (nSPS) is 29.2. The lowest BCUT2D eigenvalue weighted by Gasteiger charge is -2.47. The molecule has 0 amide bonds. The van der Waals surface area contributed by atoms with Crippen LogP contribution in [0.1, 0.15) is 34.6 Å². The summed E-state index contributed by atoms with van der Waals surface area (Å²) in [5.41, 5.74) is 0. The third kappa shape index (κ3) is 3.25. The molecule has 1 atom stereocenters. The molecule has 0 aliphatic carbocycles. The van der Waals surface area contributed by atoms with E-state index < -0.39 is 0 Å². The van der Waals surface area contributed by atoms with Crippen molar-refractivity contribution in [1.82, 2.24) is 14.7 Å².